The third kappa shape index (κ3) is 2.92. The Morgan fingerprint density at radius 3 is 2.81 bits per heavy atom. The van der Waals surface area contributed by atoms with Crippen LogP contribution in [0.25, 0.3) is 0 Å². The third-order valence-electron chi connectivity index (χ3n) is 3.13. The van der Waals surface area contributed by atoms with Crippen LogP contribution in [-0.2, 0) is 0 Å². The molecule has 5 heteroatoms. The third-order valence-corrected chi connectivity index (χ3v) is 3.86. The Labute approximate surface area is 101 Å². The maximum absolute atomic E-state index is 4.18. The lowest BCUT2D eigenvalue weighted by Gasteiger charge is -2.32. The predicted molar refractivity (Wildman–Crippen MR) is 68.0 cm³/mol. The van der Waals surface area contributed by atoms with E-state index in [2.05, 4.69) is 34.3 Å². The summed E-state index contributed by atoms with van der Waals surface area (Å²) in [5, 5.41) is 12.6. The van der Waals surface area contributed by atoms with E-state index in [1.165, 1.54) is 12.8 Å². The molecule has 0 atom stereocenters. The monoisotopic (exact) mass is 240 g/mol. The molecule has 4 nitrogen and oxygen atoms in total. The molecule has 0 saturated carbocycles. The van der Waals surface area contributed by atoms with Crippen LogP contribution in [0.15, 0.2) is 5.51 Å². The van der Waals surface area contributed by atoms with Crippen LogP contribution in [0.1, 0.15) is 26.7 Å². The zero-order chi connectivity index (χ0) is 11.4. The second-order valence-corrected chi connectivity index (χ2v) is 5.47. The highest BCUT2D eigenvalue weighted by atomic mass is 32.1. The minimum Gasteiger partial charge on any atom is -0.344 e. The molecule has 0 amide bonds. The average Bonchev–Trinajstić information content (AvgIpc) is 2.80. The fourth-order valence-corrected chi connectivity index (χ4v) is 2.85. The van der Waals surface area contributed by atoms with Crippen molar-refractivity contribution in [1.82, 2.24) is 15.5 Å². The van der Waals surface area contributed by atoms with Gasteiger partial charge in [-0.25, -0.2) is 0 Å². The Hall–Kier alpha value is -0.680. The normalized spacial score (nSPS) is 17.9. The van der Waals surface area contributed by atoms with Gasteiger partial charge in [-0.15, -0.1) is 10.2 Å². The number of nitrogens with one attached hydrogen (secondary N) is 1. The summed E-state index contributed by atoms with van der Waals surface area (Å²) in [6.45, 7) is 7.89. The van der Waals surface area contributed by atoms with E-state index in [4.69, 9.17) is 0 Å². The topological polar surface area (TPSA) is 41.0 Å². The van der Waals surface area contributed by atoms with E-state index in [0.29, 0.717) is 6.04 Å². The molecule has 0 radical (unpaired) electrons. The lowest BCUT2D eigenvalue weighted by atomic mass is 9.97. The van der Waals surface area contributed by atoms with E-state index >= 15 is 0 Å². The Morgan fingerprint density at radius 2 is 2.25 bits per heavy atom. The first-order chi connectivity index (χ1) is 7.77. The van der Waals surface area contributed by atoms with Crippen LogP contribution in [-0.4, -0.2) is 35.9 Å². The predicted octanol–water partition coefficient (Wildman–Crippen LogP) is 1.75. The van der Waals surface area contributed by atoms with Crippen molar-refractivity contribution in [2.75, 3.05) is 24.5 Å². The Morgan fingerprint density at radius 1 is 1.50 bits per heavy atom. The van der Waals surface area contributed by atoms with Crippen LogP contribution in [0.2, 0.25) is 0 Å². The fraction of sp³-hybridized carbons (Fsp3) is 0.818. The van der Waals surface area contributed by atoms with Gasteiger partial charge in [0.1, 0.15) is 5.51 Å². The Kier molecular flexibility index (Phi) is 4.12. The van der Waals surface area contributed by atoms with E-state index in [-0.39, 0.29) is 0 Å². The van der Waals surface area contributed by atoms with Crippen molar-refractivity contribution in [2.24, 2.45) is 5.92 Å². The highest BCUT2D eigenvalue weighted by Gasteiger charge is 2.20. The summed E-state index contributed by atoms with van der Waals surface area (Å²) in [6, 6.07) is 0.503. The molecular formula is C11H20N4S. The zero-order valence-corrected chi connectivity index (χ0v) is 10.8. The molecule has 2 heterocycles. The molecule has 0 bridgehead atoms. The summed E-state index contributed by atoms with van der Waals surface area (Å²) >= 11 is 1.64. The summed E-state index contributed by atoms with van der Waals surface area (Å²) in [4.78, 5) is 2.38. The van der Waals surface area contributed by atoms with Crippen molar-refractivity contribution in [3.05, 3.63) is 5.51 Å². The lowest BCUT2D eigenvalue weighted by Crippen LogP contribution is -2.39. The second kappa shape index (κ2) is 5.59. The summed E-state index contributed by atoms with van der Waals surface area (Å²) in [5.74, 6) is 0.799. The molecule has 1 aromatic rings. The van der Waals surface area contributed by atoms with Crippen LogP contribution in [0, 0.1) is 5.92 Å². The molecule has 0 spiro atoms. The van der Waals surface area contributed by atoms with Crippen molar-refractivity contribution < 1.29 is 0 Å². The molecule has 0 aromatic carbocycles. The minimum atomic E-state index is 0.503. The van der Waals surface area contributed by atoms with Gasteiger partial charge in [-0.1, -0.05) is 11.3 Å². The molecular weight excluding hydrogens is 220 g/mol. The number of piperidine rings is 1. The maximum Gasteiger partial charge on any atom is 0.208 e. The first-order valence-electron chi connectivity index (χ1n) is 6.01. The fourth-order valence-electron chi connectivity index (χ4n) is 2.14. The smallest absolute Gasteiger partial charge is 0.208 e. The van der Waals surface area contributed by atoms with Crippen molar-refractivity contribution >= 4 is 16.5 Å². The van der Waals surface area contributed by atoms with Gasteiger partial charge in [-0.2, -0.15) is 0 Å². The van der Waals surface area contributed by atoms with Gasteiger partial charge in [0.2, 0.25) is 5.13 Å². The highest BCUT2D eigenvalue weighted by Crippen LogP contribution is 2.22. The maximum atomic E-state index is 4.18. The molecule has 1 saturated heterocycles. The van der Waals surface area contributed by atoms with Crippen molar-refractivity contribution in [1.29, 1.82) is 0 Å². The number of hydrogen-bond acceptors (Lipinski definition) is 5. The molecule has 90 valence electrons. The minimum absolute atomic E-state index is 0.503. The van der Waals surface area contributed by atoms with Crippen molar-refractivity contribution in [3.63, 3.8) is 0 Å². The Balaban J connectivity index is 1.97. The number of nitrogens with zero attached hydrogens (tertiary/aromatic N) is 3. The standard InChI is InChI=1S/C11H20N4S/c1-9(2)15(11-14-13-8-16-11)7-10-3-5-12-6-4-10/h8-10,12H,3-7H2,1-2H3. The van der Waals surface area contributed by atoms with Gasteiger partial charge in [0, 0.05) is 12.6 Å². The van der Waals surface area contributed by atoms with Crippen LogP contribution < -0.4 is 10.2 Å². The van der Waals surface area contributed by atoms with E-state index in [0.717, 1.165) is 30.7 Å². The van der Waals surface area contributed by atoms with Gasteiger partial charge in [0.25, 0.3) is 0 Å². The van der Waals surface area contributed by atoms with E-state index in [9.17, 15) is 0 Å². The molecule has 0 unspecified atom stereocenters. The SMILES string of the molecule is CC(C)N(CC1CCNCC1)c1nncs1. The van der Waals surface area contributed by atoms with E-state index < -0.39 is 0 Å². The first-order valence-corrected chi connectivity index (χ1v) is 6.89. The molecule has 1 aliphatic rings. The summed E-state index contributed by atoms with van der Waals surface area (Å²) < 4.78 is 0. The quantitative estimate of drug-likeness (QED) is 0.870. The van der Waals surface area contributed by atoms with Crippen LogP contribution in [0.5, 0.6) is 0 Å². The molecule has 1 aliphatic heterocycles. The van der Waals surface area contributed by atoms with Crippen LogP contribution in [0.3, 0.4) is 0 Å². The van der Waals surface area contributed by atoms with Gasteiger partial charge in [0.05, 0.1) is 0 Å². The molecule has 0 aliphatic carbocycles. The highest BCUT2D eigenvalue weighted by molar-refractivity contribution is 7.13. The van der Waals surface area contributed by atoms with Crippen molar-refractivity contribution in [3.8, 4) is 0 Å². The van der Waals surface area contributed by atoms with Crippen LogP contribution in [0.4, 0.5) is 5.13 Å². The largest absolute Gasteiger partial charge is 0.344 e. The molecule has 2 rings (SSSR count). The summed E-state index contributed by atoms with van der Waals surface area (Å²) in [7, 11) is 0. The number of rotatable bonds is 4. The second-order valence-electron chi connectivity index (χ2n) is 4.66. The number of aromatic nitrogens is 2. The lowest BCUT2D eigenvalue weighted by molar-refractivity contribution is 0.367. The summed E-state index contributed by atoms with van der Waals surface area (Å²) in [5.41, 5.74) is 1.81. The summed E-state index contributed by atoms with van der Waals surface area (Å²) in [6.07, 6.45) is 2.56. The number of hydrogen-bond donors (Lipinski definition) is 1. The molecule has 1 aromatic heterocycles. The van der Waals surface area contributed by atoms with Gasteiger partial charge in [-0.3, -0.25) is 0 Å². The van der Waals surface area contributed by atoms with Gasteiger partial charge < -0.3 is 10.2 Å². The molecule has 1 N–H and O–H groups in total. The van der Waals surface area contributed by atoms with Crippen molar-refractivity contribution in [2.45, 2.75) is 32.7 Å². The van der Waals surface area contributed by atoms with Gasteiger partial charge >= 0.3 is 0 Å². The molecule has 1 fully saturated rings. The van der Waals surface area contributed by atoms with Gasteiger partial charge in [0.15, 0.2) is 0 Å². The first kappa shape index (κ1) is 11.8. The average molecular weight is 240 g/mol. The van der Waals surface area contributed by atoms with Gasteiger partial charge in [-0.05, 0) is 45.7 Å². The molecule has 16 heavy (non-hydrogen) atoms. The Bertz CT molecular complexity index is 293. The van der Waals surface area contributed by atoms with Crippen LogP contribution >= 0.6 is 11.3 Å². The van der Waals surface area contributed by atoms with E-state index in [1.54, 1.807) is 11.3 Å². The zero-order valence-electron chi connectivity index (χ0n) is 10.0. The van der Waals surface area contributed by atoms with E-state index in [1.807, 2.05) is 5.51 Å². The number of anilines is 1.